The highest BCUT2D eigenvalue weighted by Crippen LogP contribution is 2.40. The third-order valence-corrected chi connectivity index (χ3v) is 9.14. The zero-order valence-corrected chi connectivity index (χ0v) is 25.4. The molecule has 1 fully saturated rings. The summed E-state index contributed by atoms with van der Waals surface area (Å²) in [4.78, 5) is 41.9. The number of aliphatic hydroxyl groups is 1. The van der Waals surface area contributed by atoms with Gasteiger partial charge in [0.25, 0.3) is 11.8 Å². The van der Waals surface area contributed by atoms with Crippen molar-refractivity contribution in [2.24, 2.45) is 0 Å². The van der Waals surface area contributed by atoms with Crippen LogP contribution in [0.5, 0.6) is 0 Å². The van der Waals surface area contributed by atoms with E-state index in [2.05, 4.69) is 10.6 Å². The van der Waals surface area contributed by atoms with Gasteiger partial charge in [0.15, 0.2) is 6.10 Å². The summed E-state index contributed by atoms with van der Waals surface area (Å²) < 4.78 is -0.597. The van der Waals surface area contributed by atoms with Gasteiger partial charge in [-0.25, -0.2) is 0 Å². The second kappa shape index (κ2) is 13.3. The Kier molecular flexibility index (Phi) is 10.0. The lowest BCUT2D eigenvalue weighted by molar-refractivity contribution is -0.147. The number of amides is 3. The zero-order chi connectivity index (χ0) is 29.7. The van der Waals surface area contributed by atoms with Crippen molar-refractivity contribution >= 4 is 52.7 Å². The van der Waals surface area contributed by atoms with Gasteiger partial charge in [-0.2, -0.15) is 0 Å². The molecule has 0 saturated carbocycles. The number of aliphatic hydroxyl groups excluding tert-OH is 1. The van der Waals surface area contributed by atoms with Gasteiger partial charge in [0.2, 0.25) is 5.91 Å². The Morgan fingerprint density at radius 1 is 1.05 bits per heavy atom. The molecule has 4 rings (SSSR count). The van der Waals surface area contributed by atoms with E-state index in [9.17, 15) is 19.5 Å². The van der Waals surface area contributed by atoms with Crippen molar-refractivity contribution in [1.29, 1.82) is 0 Å². The minimum atomic E-state index is -1.62. The molecule has 7 nitrogen and oxygen atoms in total. The van der Waals surface area contributed by atoms with Crippen molar-refractivity contribution in [3.8, 4) is 0 Å². The summed E-state index contributed by atoms with van der Waals surface area (Å²) in [6.45, 7) is 6.10. The number of carbonyl (C=O) groups is 3. The lowest BCUT2D eigenvalue weighted by Gasteiger charge is -2.33. The second-order valence-corrected chi connectivity index (χ2v) is 13.0. The van der Waals surface area contributed by atoms with Crippen molar-refractivity contribution in [2.45, 2.75) is 56.7 Å². The largest absolute Gasteiger partial charge is 0.381 e. The van der Waals surface area contributed by atoms with Crippen LogP contribution in [0.3, 0.4) is 0 Å². The van der Waals surface area contributed by atoms with E-state index < -0.39 is 34.7 Å². The first-order valence-electron chi connectivity index (χ1n) is 13.2. The first-order chi connectivity index (χ1) is 19.5. The second-order valence-electron chi connectivity index (χ2n) is 10.6. The number of halogens is 2. The fraction of sp³-hybridized carbons (Fsp3) is 0.323. The highest BCUT2D eigenvalue weighted by atomic mass is 35.5. The number of carbonyl (C=O) groups excluding carboxylic acids is 3. The van der Waals surface area contributed by atoms with Crippen LogP contribution in [-0.4, -0.2) is 56.5 Å². The van der Waals surface area contributed by atoms with Crippen LogP contribution < -0.4 is 10.6 Å². The lowest BCUT2D eigenvalue weighted by Crippen LogP contribution is -2.58. The highest BCUT2D eigenvalue weighted by Gasteiger charge is 2.49. The van der Waals surface area contributed by atoms with E-state index in [1.54, 1.807) is 6.07 Å². The number of nitrogens with zero attached hydrogens (tertiary/aromatic N) is 1. The van der Waals surface area contributed by atoms with Gasteiger partial charge in [-0.3, -0.25) is 14.4 Å². The van der Waals surface area contributed by atoms with Gasteiger partial charge in [-0.1, -0.05) is 77.8 Å². The molecule has 1 aliphatic heterocycles. The molecule has 0 spiro atoms. The molecule has 216 valence electrons. The third kappa shape index (κ3) is 7.43. The molecule has 10 heteroatoms. The monoisotopic (exact) mass is 613 g/mol. The molecule has 1 saturated heterocycles. The van der Waals surface area contributed by atoms with E-state index in [0.29, 0.717) is 11.6 Å². The molecule has 0 aromatic heterocycles. The summed E-state index contributed by atoms with van der Waals surface area (Å²) >= 11 is 13.7. The molecular weight excluding hydrogens is 581 g/mol. The maximum atomic E-state index is 13.8. The van der Waals surface area contributed by atoms with Crippen molar-refractivity contribution in [1.82, 2.24) is 15.5 Å². The Morgan fingerprint density at radius 2 is 1.73 bits per heavy atom. The van der Waals surface area contributed by atoms with Crippen LogP contribution in [0.15, 0.2) is 72.8 Å². The van der Waals surface area contributed by atoms with Gasteiger partial charge in [-0.15, -0.1) is 11.8 Å². The van der Waals surface area contributed by atoms with Gasteiger partial charge in [0, 0.05) is 16.3 Å². The zero-order valence-electron chi connectivity index (χ0n) is 23.1. The van der Waals surface area contributed by atoms with Gasteiger partial charge in [-0.05, 0) is 62.1 Å². The number of nitrogens with one attached hydrogen (secondary N) is 2. The first kappa shape index (κ1) is 30.9. The van der Waals surface area contributed by atoms with Gasteiger partial charge in [0.1, 0.15) is 6.04 Å². The molecular formula is C31H33Cl2N3O4S. The molecule has 41 heavy (non-hydrogen) atoms. The number of hydrogen-bond donors (Lipinski definition) is 3. The fourth-order valence-electron chi connectivity index (χ4n) is 4.87. The number of rotatable bonds is 9. The predicted octanol–water partition coefficient (Wildman–Crippen LogP) is 5.00. The number of aryl methyl sites for hydroxylation is 1. The summed E-state index contributed by atoms with van der Waals surface area (Å²) in [6.07, 6.45) is -1.44. The highest BCUT2D eigenvalue weighted by molar-refractivity contribution is 8.00. The van der Waals surface area contributed by atoms with Gasteiger partial charge in [0.05, 0.1) is 22.5 Å². The van der Waals surface area contributed by atoms with Crippen molar-refractivity contribution in [2.75, 3.05) is 5.88 Å². The lowest BCUT2D eigenvalue weighted by atomic mass is 9.96. The summed E-state index contributed by atoms with van der Waals surface area (Å²) in [6, 6.07) is 19.7. The van der Waals surface area contributed by atoms with Crippen molar-refractivity contribution in [3.05, 3.63) is 105 Å². The number of thioether (sulfide) groups is 1. The van der Waals surface area contributed by atoms with Crippen LogP contribution >= 0.6 is 35.0 Å². The average molecular weight is 615 g/mol. The Hall–Kier alpha value is -3.04. The van der Waals surface area contributed by atoms with E-state index in [1.165, 1.54) is 28.8 Å². The molecule has 0 aliphatic carbocycles. The predicted molar refractivity (Wildman–Crippen MR) is 164 cm³/mol. The minimum absolute atomic E-state index is 0.150. The first-order valence-corrected chi connectivity index (χ1v) is 15.0. The molecule has 3 amide bonds. The minimum Gasteiger partial charge on any atom is -0.381 e. The van der Waals surface area contributed by atoms with E-state index >= 15 is 0 Å². The van der Waals surface area contributed by atoms with Crippen molar-refractivity contribution in [3.63, 3.8) is 0 Å². The molecule has 0 radical (unpaired) electrons. The summed E-state index contributed by atoms with van der Waals surface area (Å²) in [7, 11) is 0. The third-order valence-electron chi connectivity index (χ3n) is 7.22. The smallest absolute Gasteiger partial charge is 0.254 e. The number of hydrogen-bond acceptors (Lipinski definition) is 5. The van der Waals surface area contributed by atoms with E-state index in [-0.39, 0.29) is 28.8 Å². The average Bonchev–Trinajstić information content (AvgIpc) is 3.26. The Bertz CT molecular complexity index is 1420. The van der Waals surface area contributed by atoms with Crippen LogP contribution in [0.25, 0.3) is 0 Å². The Morgan fingerprint density at radius 3 is 2.41 bits per heavy atom. The SMILES string of the molecule is Cc1ccccc1CNC(=O)C1N(C(=O)C(O)C(Cc2ccccc2)NC(=O)c2ccc(Cl)cc2Cl)CSC1(C)C. The molecule has 3 aromatic carbocycles. The van der Waals surface area contributed by atoms with Gasteiger partial charge < -0.3 is 20.6 Å². The number of benzene rings is 3. The fourth-order valence-corrected chi connectivity index (χ4v) is 6.51. The van der Waals surface area contributed by atoms with E-state index in [0.717, 1.165) is 16.7 Å². The van der Waals surface area contributed by atoms with Crippen LogP contribution in [0, 0.1) is 6.92 Å². The maximum Gasteiger partial charge on any atom is 0.254 e. The van der Waals surface area contributed by atoms with Crippen LogP contribution in [0.2, 0.25) is 10.0 Å². The molecule has 1 heterocycles. The molecule has 3 N–H and O–H groups in total. The maximum absolute atomic E-state index is 13.8. The molecule has 3 unspecified atom stereocenters. The normalized spacial score (nSPS) is 17.5. The van der Waals surface area contributed by atoms with E-state index in [4.69, 9.17) is 23.2 Å². The Balaban J connectivity index is 1.55. The van der Waals surface area contributed by atoms with Crippen molar-refractivity contribution < 1.29 is 19.5 Å². The summed E-state index contributed by atoms with van der Waals surface area (Å²) in [5, 5.41) is 17.7. The molecule has 3 atom stereocenters. The molecule has 3 aromatic rings. The van der Waals surface area contributed by atoms with Crippen LogP contribution in [-0.2, 0) is 22.6 Å². The summed E-state index contributed by atoms with van der Waals surface area (Å²) in [5.41, 5.74) is 3.01. The topological polar surface area (TPSA) is 98.7 Å². The van der Waals surface area contributed by atoms with Crippen LogP contribution in [0.4, 0.5) is 0 Å². The molecule has 1 aliphatic rings. The van der Waals surface area contributed by atoms with Gasteiger partial charge >= 0.3 is 0 Å². The Labute approximate surface area is 254 Å². The quantitative estimate of drug-likeness (QED) is 0.315. The standard InChI is InChI=1S/C31H33Cl2N3O4S/c1-19-9-7-8-12-21(19)17-34-29(39)27-31(2,3)41-18-36(27)30(40)26(37)25(15-20-10-5-4-6-11-20)35-28(38)23-14-13-22(32)16-24(23)33/h4-14,16,25-27,37H,15,17-18H2,1-3H3,(H,34,39)(H,35,38). The molecule has 0 bridgehead atoms. The van der Waals surface area contributed by atoms with Crippen LogP contribution in [0.1, 0.15) is 40.9 Å². The summed E-state index contributed by atoms with van der Waals surface area (Å²) in [5.74, 6) is -1.27. The van der Waals surface area contributed by atoms with E-state index in [1.807, 2.05) is 75.4 Å².